The summed E-state index contributed by atoms with van der Waals surface area (Å²) in [5.74, 6) is 0.671. The number of methoxy groups -OCH3 is 1. The van der Waals surface area contributed by atoms with Crippen LogP contribution in [0.25, 0.3) is 0 Å². The van der Waals surface area contributed by atoms with Gasteiger partial charge in [0, 0.05) is 32.9 Å². The van der Waals surface area contributed by atoms with Gasteiger partial charge in [-0.15, -0.1) is 0 Å². The molecule has 4 nitrogen and oxygen atoms in total. The maximum atomic E-state index is 9.56. The van der Waals surface area contributed by atoms with Crippen molar-refractivity contribution in [3.05, 3.63) is 53.6 Å². The number of benzene rings is 2. The van der Waals surface area contributed by atoms with Crippen LogP contribution in [0.3, 0.4) is 0 Å². The lowest BCUT2D eigenvalue weighted by molar-refractivity contribution is 0.373. The van der Waals surface area contributed by atoms with Crippen LogP contribution in [0.5, 0.6) is 11.5 Å². The third-order valence-electron chi connectivity index (χ3n) is 3.36. The zero-order chi connectivity index (χ0) is 15.2. The second kappa shape index (κ2) is 6.99. The zero-order valence-corrected chi connectivity index (χ0v) is 12.8. The highest BCUT2D eigenvalue weighted by molar-refractivity contribution is 5.46. The van der Waals surface area contributed by atoms with Crippen molar-refractivity contribution >= 4 is 5.69 Å². The average Bonchev–Trinajstić information content (AvgIpc) is 2.49. The molecule has 0 saturated carbocycles. The Morgan fingerprint density at radius 3 is 2.24 bits per heavy atom. The van der Waals surface area contributed by atoms with Gasteiger partial charge in [-0.3, -0.25) is 0 Å². The van der Waals surface area contributed by atoms with Gasteiger partial charge >= 0.3 is 0 Å². The second-order valence-corrected chi connectivity index (χ2v) is 5.17. The number of hydrogen-bond donors (Lipinski definition) is 2. The molecule has 0 fully saturated rings. The average molecular weight is 286 g/mol. The van der Waals surface area contributed by atoms with Crippen molar-refractivity contribution in [2.45, 2.75) is 13.1 Å². The molecule has 0 aliphatic rings. The van der Waals surface area contributed by atoms with Crippen LogP contribution < -0.4 is 15.0 Å². The van der Waals surface area contributed by atoms with Crippen LogP contribution >= 0.6 is 0 Å². The fourth-order valence-electron chi connectivity index (χ4n) is 2.10. The third-order valence-corrected chi connectivity index (χ3v) is 3.36. The largest absolute Gasteiger partial charge is 0.504 e. The monoisotopic (exact) mass is 286 g/mol. The first kappa shape index (κ1) is 15.2. The number of aromatic hydroxyl groups is 1. The molecule has 0 unspecified atom stereocenters. The first-order chi connectivity index (χ1) is 10.1. The molecular weight excluding hydrogens is 264 g/mol. The van der Waals surface area contributed by atoms with Gasteiger partial charge in [0.15, 0.2) is 11.5 Å². The van der Waals surface area contributed by atoms with Gasteiger partial charge in [0.1, 0.15) is 0 Å². The van der Waals surface area contributed by atoms with Crippen molar-refractivity contribution in [2.75, 3.05) is 26.1 Å². The molecule has 0 amide bonds. The fraction of sp³-hybridized carbons (Fsp3) is 0.294. The van der Waals surface area contributed by atoms with Gasteiger partial charge in [0.2, 0.25) is 0 Å². The summed E-state index contributed by atoms with van der Waals surface area (Å²) < 4.78 is 5.10. The summed E-state index contributed by atoms with van der Waals surface area (Å²) in [6.45, 7) is 1.53. The highest BCUT2D eigenvalue weighted by Gasteiger charge is 2.02. The molecule has 4 heteroatoms. The van der Waals surface area contributed by atoms with Gasteiger partial charge in [-0.05, 0) is 35.4 Å². The van der Waals surface area contributed by atoms with E-state index in [1.807, 2.05) is 26.2 Å². The molecule has 2 aromatic carbocycles. The molecule has 2 rings (SSSR count). The normalized spacial score (nSPS) is 10.4. The van der Waals surface area contributed by atoms with E-state index in [-0.39, 0.29) is 5.75 Å². The molecule has 0 bridgehead atoms. The van der Waals surface area contributed by atoms with Gasteiger partial charge in [0.25, 0.3) is 0 Å². The molecule has 0 radical (unpaired) electrons. The topological polar surface area (TPSA) is 44.7 Å². The van der Waals surface area contributed by atoms with Crippen LogP contribution in [0, 0.1) is 0 Å². The van der Waals surface area contributed by atoms with Gasteiger partial charge < -0.3 is 20.1 Å². The lowest BCUT2D eigenvalue weighted by atomic mass is 10.1. The first-order valence-electron chi connectivity index (χ1n) is 6.93. The van der Waals surface area contributed by atoms with Crippen LogP contribution in [0.15, 0.2) is 42.5 Å². The maximum absolute atomic E-state index is 9.56. The second-order valence-electron chi connectivity index (χ2n) is 5.17. The number of phenols is 1. The first-order valence-corrected chi connectivity index (χ1v) is 6.93. The molecule has 2 N–H and O–H groups in total. The SMILES string of the molecule is COc1cc(CNCc2ccc(N(C)C)cc2)ccc1O. The van der Waals surface area contributed by atoms with Gasteiger partial charge in [0.05, 0.1) is 7.11 Å². The Morgan fingerprint density at radius 2 is 1.62 bits per heavy atom. The third kappa shape index (κ3) is 4.13. The smallest absolute Gasteiger partial charge is 0.160 e. The number of rotatable bonds is 6. The van der Waals surface area contributed by atoms with Gasteiger partial charge in [-0.25, -0.2) is 0 Å². The number of nitrogens with zero attached hydrogens (tertiary/aromatic N) is 1. The summed E-state index contributed by atoms with van der Waals surface area (Å²) in [5, 5.41) is 12.9. The zero-order valence-electron chi connectivity index (χ0n) is 12.8. The van der Waals surface area contributed by atoms with Crippen molar-refractivity contribution in [2.24, 2.45) is 0 Å². The minimum Gasteiger partial charge on any atom is -0.504 e. The van der Waals surface area contributed by atoms with E-state index in [2.05, 4.69) is 34.5 Å². The van der Waals surface area contributed by atoms with Crippen molar-refractivity contribution in [3.8, 4) is 11.5 Å². The predicted octanol–water partition coefficient (Wildman–Crippen LogP) is 2.76. The molecule has 0 atom stereocenters. The van der Waals surface area contributed by atoms with E-state index in [0.29, 0.717) is 5.75 Å². The molecule has 0 saturated heterocycles. The van der Waals surface area contributed by atoms with E-state index >= 15 is 0 Å². The summed E-state index contributed by atoms with van der Waals surface area (Å²) in [4.78, 5) is 2.08. The van der Waals surface area contributed by atoms with Crippen molar-refractivity contribution < 1.29 is 9.84 Å². The van der Waals surface area contributed by atoms with E-state index in [9.17, 15) is 5.11 Å². The predicted molar refractivity (Wildman–Crippen MR) is 86.0 cm³/mol. The number of hydrogen-bond acceptors (Lipinski definition) is 4. The molecule has 0 aliphatic carbocycles. The summed E-state index contributed by atoms with van der Waals surface area (Å²) in [6.07, 6.45) is 0. The molecule has 0 aliphatic heterocycles. The van der Waals surface area contributed by atoms with E-state index in [4.69, 9.17) is 4.74 Å². The van der Waals surface area contributed by atoms with E-state index < -0.39 is 0 Å². The number of phenolic OH excluding ortho intramolecular Hbond substituents is 1. The molecule has 21 heavy (non-hydrogen) atoms. The molecule has 0 spiro atoms. The van der Waals surface area contributed by atoms with Crippen LogP contribution in [-0.4, -0.2) is 26.3 Å². The minimum absolute atomic E-state index is 0.167. The Bertz CT molecular complexity index is 580. The Balaban J connectivity index is 1.89. The molecule has 0 heterocycles. The molecule has 112 valence electrons. The molecule has 2 aromatic rings. The number of ether oxygens (including phenoxy) is 1. The summed E-state index contributed by atoms with van der Waals surface area (Å²) >= 11 is 0. The minimum atomic E-state index is 0.167. The highest BCUT2D eigenvalue weighted by atomic mass is 16.5. The lowest BCUT2D eigenvalue weighted by Gasteiger charge is -2.13. The maximum Gasteiger partial charge on any atom is 0.160 e. The number of nitrogens with one attached hydrogen (secondary N) is 1. The summed E-state index contributed by atoms with van der Waals surface area (Å²) in [6, 6.07) is 13.9. The standard InChI is InChI=1S/C17H22N2O2/c1-19(2)15-7-4-13(5-8-15)11-18-12-14-6-9-16(20)17(10-14)21-3/h4-10,18,20H,11-12H2,1-3H3. The number of anilines is 1. The van der Waals surface area contributed by atoms with Crippen molar-refractivity contribution in [1.82, 2.24) is 5.32 Å². The van der Waals surface area contributed by atoms with Crippen molar-refractivity contribution in [1.29, 1.82) is 0 Å². The highest BCUT2D eigenvalue weighted by Crippen LogP contribution is 2.26. The Kier molecular flexibility index (Phi) is 5.06. The summed E-state index contributed by atoms with van der Waals surface area (Å²) in [7, 11) is 5.62. The van der Waals surface area contributed by atoms with Crippen LogP contribution in [0.4, 0.5) is 5.69 Å². The lowest BCUT2D eigenvalue weighted by Crippen LogP contribution is -2.13. The fourth-order valence-corrected chi connectivity index (χ4v) is 2.10. The molecular formula is C17H22N2O2. The van der Waals surface area contributed by atoms with E-state index in [1.54, 1.807) is 13.2 Å². The van der Waals surface area contributed by atoms with Crippen LogP contribution in [-0.2, 0) is 13.1 Å². The Labute approximate surface area is 126 Å². The van der Waals surface area contributed by atoms with Crippen LogP contribution in [0.2, 0.25) is 0 Å². The quantitative estimate of drug-likeness (QED) is 0.857. The van der Waals surface area contributed by atoms with E-state index in [1.165, 1.54) is 11.3 Å². The Hall–Kier alpha value is -2.20. The van der Waals surface area contributed by atoms with Crippen LogP contribution in [0.1, 0.15) is 11.1 Å². The van der Waals surface area contributed by atoms with E-state index in [0.717, 1.165) is 18.7 Å². The Morgan fingerprint density at radius 1 is 1.00 bits per heavy atom. The van der Waals surface area contributed by atoms with Gasteiger partial charge in [-0.1, -0.05) is 18.2 Å². The van der Waals surface area contributed by atoms with Gasteiger partial charge in [-0.2, -0.15) is 0 Å². The summed E-state index contributed by atoms with van der Waals surface area (Å²) in [5.41, 5.74) is 3.52. The molecule has 0 aromatic heterocycles. The van der Waals surface area contributed by atoms with Crippen molar-refractivity contribution in [3.63, 3.8) is 0 Å².